The summed E-state index contributed by atoms with van der Waals surface area (Å²) in [6.07, 6.45) is 5.09. The number of benzene rings is 1. The molecule has 1 atom stereocenters. The molecule has 1 saturated heterocycles. The zero-order valence-corrected chi connectivity index (χ0v) is 16.3. The van der Waals surface area contributed by atoms with Crippen LogP contribution in [-0.2, 0) is 12.8 Å². The van der Waals surface area contributed by atoms with Gasteiger partial charge in [0.1, 0.15) is 0 Å². The molecule has 1 unspecified atom stereocenters. The number of rotatable bonds is 4. The third kappa shape index (κ3) is 4.78. The number of nitrogens with zero attached hydrogens (tertiary/aromatic N) is 1. The van der Waals surface area contributed by atoms with Crippen LogP contribution in [0.3, 0.4) is 0 Å². The van der Waals surface area contributed by atoms with Crippen LogP contribution in [0, 0.1) is 5.92 Å². The van der Waals surface area contributed by atoms with Gasteiger partial charge in [-0.1, -0.05) is 24.3 Å². The number of hydrogen-bond donors (Lipinski definition) is 2. The molecule has 1 fully saturated rings. The van der Waals surface area contributed by atoms with Gasteiger partial charge in [0.15, 0.2) is 5.96 Å². The van der Waals surface area contributed by atoms with E-state index in [1.54, 1.807) is 0 Å². The molecule has 122 valence electrons. The molecule has 1 aliphatic heterocycles. The van der Waals surface area contributed by atoms with Crippen LogP contribution < -0.4 is 10.6 Å². The molecule has 22 heavy (non-hydrogen) atoms. The number of halogens is 1. The molecule has 1 aliphatic carbocycles. The van der Waals surface area contributed by atoms with Crippen molar-refractivity contribution >= 4 is 41.7 Å². The smallest absolute Gasteiger partial charge is 0.191 e. The molecular formula is C17H26IN3S. The standard InChI is InChI=1S/C17H25N3S.HI/c1-18-17(20-12-16-7-4-8-21-16)19-11-13-9-14-5-2-3-6-15(14)10-13;/h2-3,5-6,13,16H,4,7-12H2,1H3,(H2,18,19,20);1H. The van der Waals surface area contributed by atoms with E-state index in [2.05, 4.69) is 51.7 Å². The second-order valence-corrected chi connectivity index (χ2v) is 7.42. The summed E-state index contributed by atoms with van der Waals surface area (Å²) in [5.74, 6) is 2.97. The normalized spacial score (nSPS) is 21.3. The van der Waals surface area contributed by atoms with Crippen molar-refractivity contribution in [2.75, 3.05) is 25.9 Å². The molecule has 0 amide bonds. The summed E-state index contributed by atoms with van der Waals surface area (Å²) in [4.78, 5) is 4.34. The average molecular weight is 431 g/mol. The Labute approximate surface area is 155 Å². The molecule has 0 radical (unpaired) electrons. The van der Waals surface area contributed by atoms with Gasteiger partial charge in [0.2, 0.25) is 0 Å². The summed E-state index contributed by atoms with van der Waals surface area (Å²) in [7, 11) is 1.86. The van der Waals surface area contributed by atoms with Crippen molar-refractivity contribution in [1.29, 1.82) is 0 Å². The second kappa shape index (κ2) is 9.01. The molecular weight excluding hydrogens is 405 g/mol. The fraction of sp³-hybridized carbons (Fsp3) is 0.588. The van der Waals surface area contributed by atoms with Crippen LogP contribution in [0.4, 0.5) is 0 Å². The maximum absolute atomic E-state index is 4.34. The van der Waals surface area contributed by atoms with Crippen LogP contribution in [0.5, 0.6) is 0 Å². The van der Waals surface area contributed by atoms with E-state index in [0.29, 0.717) is 5.92 Å². The van der Waals surface area contributed by atoms with Crippen molar-refractivity contribution in [3.63, 3.8) is 0 Å². The van der Waals surface area contributed by atoms with Crippen molar-refractivity contribution in [3.8, 4) is 0 Å². The highest BCUT2D eigenvalue weighted by atomic mass is 127. The molecule has 1 heterocycles. The topological polar surface area (TPSA) is 36.4 Å². The van der Waals surface area contributed by atoms with Gasteiger partial charge in [0.25, 0.3) is 0 Å². The van der Waals surface area contributed by atoms with Gasteiger partial charge in [-0.2, -0.15) is 11.8 Å². The maximum Gasteiger partial charge on any atom is 0.191 e. The van der Waals surface area contributed by atoms with Crippen molar-refractivity contribution in [2.24, 2.45) is 10.9 Å². The van der Waals surface area contributed by atoms with Gasteiger partial charge in [0, 0.05) is 25.4 Å². The Balaban J connectivity index is 0.00000176. The van der Waals surface area contributed by atoms with Gasteiger partial charge >= 0.3 is 0 Å². The van der Waals surface area contributed by atoms with E-state index < -0.39 is 0 Å². The summed E-state index contributed by atoms with van der Waals surface area (Å²) in [6, 6.07) is 8.82. The average Bonchev–Trinajstić information content (AvgIpc) is 3.16. The molecule has 1 aromatic carbocycles. The van der Waals surface area contributed by atoms with Crippen molar-refractivity contribution < 1.29 is 0 Å². The largest absolute Gasteiger partial charge is 0.356 e. The van der Waals surface area contributed by atoms with E-state index in [4.69, 9.17) is 0 Å². The zero-order chi connectivity index (χ0) is 14.5. The lowest BCUT2D eigenvalue weighted by Crippen LogP contribution is -2.42. The maximum atomic E-state index is 4.34. The summed E-state index contributed by atoms with van der Waals surface area (Å²) in [5.41, 5.74) is 3.05. The lowest BCUT2D eigenvalue weighted by molar-refractivity contribution is 0.541. The molecule has 3 nitrogen and oxygen atoms in total. The lowest BCUT2D eigenvalue weighted by atomic mass is 10.1. The molecule has 5 heteroatoms. The van der Waals surface area contributed by atoms with Crippen LogP contribution in [0.15, 0.2) is 29.3 Å². The Kier molecular flexibility index (Phi) is 7.34. The van der Waals surface area contributed by atoms with Crippen LogP contribution >= 0.6 is 35.7 Å². The Morgan fingerprint density at radius 1 is 1.18 bits per heavy atom. The van der Waals surface area contributed by atoms with Gasteiger partial charge in [0.05, 0.1) is 0 Å². The summed E-state index contributed by atoms with van der Waals surface area (Å²) in [6.45, 7) is 2.04. The van der Waals surface area contributed by atoms with E-state index in [1.165, 1.54) is 42.6 Å². The first-order valence-electron chi connectivity index (χ1n) is 7.98. The van der Waals surface area contributed by atoms with Crippen LogP contribution in [0.1, 0.15) is 24.0 Å². The third-order valence-electron chi connectivity index (χ3n) is 4.44. The highest BCUT2D eigenvalue weighted by Gasteiger charge is 2.21. The van der Waals surface area contributed by atoms with E-state index in [-0.39, 0.29) is 24.0 Å². The van der Waals surface area contributed by atoms with E-state index in [9.17, 15) is 0 Å². The number of guanidine groups is 1. The number of fused-ring (bicyclic) bond motifs is 1. The van der Waals surface area contributed by atoms with E-state index in [0.717, 1.165) is 24.3 Å². The fourth-order valence-corrected chi connectivity index (χ4v) is 4.47. The number of aliphatic imine (C=N–C) groups is 1. The van der Waals surface area contributed by atoms with Crippen LogP contribution in [0.25, 0.3) is 0 Å². The molecule has 2 N–H and O–H groups in total. The summed E-state index contributed by atoms with van der Waals surface area (Å²) >= 11 is 2.08. The minimum atomic E-state index is 0. The predicted molar refractivity (Wildman–Crippen MR) is 108 cm³/mol. The molecule has 0 saturated carbocycles. The summed E-state index contributed by atoms with van der Waals surface area (Å²) < 4.78 is 0. The van der Waals surface area contributed by atoms with Gasteiger partial charge < -0.3 is 10.6 Å². The van der Waals surface area contributed by atoms with Gasteiger partial charge in [-0.15, -0.1) is 24.0 Å². The summed E-state index contributed by atoms with van der Waals surface area (Å²) in [5, 5.41) is 7.74. The monoisotopic (exact) mass is 431 g/mol. The SMILES string of the molecule is CN=C(NCC1Cc2ccccc2C1)NCC1CCCS1.I. The Morgan fingerprint density at radius 3 is 2.45 bits per heavy atom. The number of thioether (sulfide) groups is 1. The fourth-order valence-electron chi connectivity index (χ4n) is 3.27. The van der Waals surface area contributed by atoms with Crippen molar-refractivity contribution in [1.82, 2.24) is 10.6 Å². The third-order valence-corrected chi connectivity index (χ3v) is 5.84. The Hall–Kier alpha value is -0.430. The predicted octanol–water partition coefficient (Wildman–Crippen LogP) is 3.08. The zero-order valence-electron chi connectivity index (χ0n) is 13.2. The highest BCUT2D eigenvalue weighted by molar-refractivity contribution is 14.0. The molecule has 0 spiro atoms. The Morgan fingerprint density at radius 2 is 1.86 bits per heavy atom. The van der Waals surface area contributed by atoms with Crippen molar-refractivity contribution in [2.45, 2.75) is 30.9 Å². The molecule has 3 rings (SSSR count). The lowest BCUT2D eigenvalue weighted by Gasteiger charge is -2.17. The highest BCUT2D eigenvalue weighted by Crippen LogP contribution is 2.26. The van der Waals surface area contributed by atoms with Gasteiger partial charge in [-0.25, -0.2) is 0 Å². The van der Waals surface area contributed by atoms with E-state index in [1.807, 2.05) is 7.05 Å². The van der Waals surface area contributed by atoms with Gasteiger partial charge in [-0.3, -0.25) is 4.99 Å². The number of hydrogen-bond acceptors (Lipinski definition) is 2. The first kappa shape index (κ1) is 17.9. The first-order valence-corrected chi connectivity index (χ1v) is 9.03. The van der Waals surface area contributed by atoms with Crippen molar-refractivity contribution in [3.05, 3.63) is 35.4 Å². The quantitative estimate of drug-likeness (QED) is 0.437. The molecule has 1 aromatic rings. The minimum Gasteiger partial charge on any atom is -0.356 e. The first-order chi connectivity index (χ1) is 10.3. The second-order valence-electron chi connectivity index (χ2n) is 6.01. The Bertz CT molecular complexity index is 475. The van der Waals surface area contributed by atoms with E-state index >= 15 is 0 Å². The molecule has 2 aliphatic rings. The van der Waals surface area contributed by atoms with Crippen LogP contribution in [0.2, 0.25) is 0 Å². The molecule has 0 bridgehead atoms. The van der Waals surface area contributed by atoms with Crippen LogP contribution in [-0.4, -0.2) is 37.1 Å². The molecule has 0 aromatic heterocycles. The number of nitrogens with one attached hydrogen (secondary N) is 2. The minimum absolute atomic E-state index is 0. The van der Waals surface area contributed by atoms with Gasteiger partial charge in [-0.05, 0) is 48.5 Å².